The Morgan fingerprint density at radius 1 is 0.917 bits per heavy atom. The van der Waals surface area contributed by atoms with Gasteiger partial charge in [-0.05, 0) is 55.8 Å². The second-order valence-corrected chi connectivity index (χ2v) is 5.03. The number of carbonyl (C=O) groups is 1. The van der Waals surface area contributed by atoms with E-state index < -0.39 is 0 Å². The van der Waals surface area contributed by atoms with Gasteiger partial charge in [0.15, 0.2) is 0 Å². The molecule has 3 aliphatic rings. The second-order valence-electron chi connectivity index (χ2n) is 5.03. The molecule has 0 amide bonds. The Morgan fingerprint density at radius 3 is 2.00 bits per heavy atom. The third-order valence-electron chi connectivity index (χ3n) is 4.62. The standard InChI is InChI=1S/C11H16O/c12-6-7-3-10-8-1-2-9(5-8)11(10)4-7/h6-11H,1-5H2/t7?,8-,9+,10+,11-. The van der Waals surface area contributed by atoms with E-state index in [1.165, 1.54) is 38.4 Å². The smallest absolute Gasteiger partial charge is 0.123 e. The highest BCUT2D eigenvalue weighted by Gasteiger charge is 2.51. The molecule has 0 aliphatic heterocycles. The Balaban J connectivity index is 1.82. The van der Waals surface area contributed by atoms with Gasteiger partial charge in [0.2, 0.25) is 0 Å². The van der Waals surface area contributed by atoms with Crippen LogP contribution in [0.2, 0.25) is 0 Å². The van der Waals surface area contributed by atoms with Gasteiger partial charge < -0.3 is 4.79 Å². The van der Waals surface area contributed by atoms with E-state index in [2.05, 4.69) is 0 Å². The number of aldehydes is 1. The van der Waals surface area contributed by atoms with Crippen LogP contribution in [-0.4, -0.2) is 6.29 Å². The van der Waals surface area contributed by atoms with Crippen LogP contribution in [0.4, 0.5) is 0 Å². The summed E-state index contributed by atoms with van der Waals surface area (Å²) in [5, 5.41) is 0. The predicted molar refractivity (Wildman–Crippen MR) is 46.6 cm³/mol. The summed E-state index contributed by atoms with van der Waals surface area (Å²) in [6.45, 7) is 0. The number of hydrogen-bond acceptors (Lipinski definition) is 1. The van der Waals surface area contributed by atoms with Gasteiger partial charge in [-0.25, -0.2) is 0 Å². The summed E-state index contributed by atoms with van der Waals surface area (Å²) < 4.78 is 0. The third kappa shape index (κ3) is 0.773. The van der Waals surface area contributed by atoms with Crippen molar-refractivity contribution in [2.24, 2.45) is 29.6 Å². The van der Waals surface area contributed by atoms with Crippen LogP contribution in [0.15, 0.2) is 0 Å². The highest BCUT2D eigenvalue weighted by Crippen LogP contribution is 2.59. The maximum Gasteiger partial charge on any atom is 0.123 e. The van der Waals surface area contributed by atoms with E-state index in [0.717, 1.165) is 23.7 Å². The highest BCUT2D eigenvalue weighted by atomic mass is 16.1. The van der Waals surface area contributed by atoms with Crippen LogP contribution in [0.25, 0.3) is 0 Å². The van der Waals surface area contributed by atoms with Crippen molar-refractivity contribution >= 4 is 6.29 Å². The van der Waals surface area contributed by atoms with E-state index in [9.17, 15) is 4.79 Å². The van der Waals surface area contributed by atoms with Crippen LogP contribution in [0.5, 0.6) is 0 Å². The fourth-order valence-corrected chi connectivity index (χ4v) is 4.17. The SMILES string of the molecule is O=CC1C[C@@H]2[C@H]3CC[C@H](C3)[C@@H]2C1. The quantitative estimate of drug-likeness (QED) is 0.543. The minimum absolute atomic E-state index is 0.434. The second kappa shape index (κ2) is 2.34. The van der Waals surface area contributed by atoms with E-state index in [0.29, 0.717) is 5.92 Å². The Labute approximate surface area is 73.5 Å². The molecule has 3 rings (SSSR count). The summed E-state index contributed by atoms with van der Waals surface area (Å²) in [7, 11) is 0. The molecule has 3 saturated carbocycles. The Kier molecular flexibility index (Phi) is 1.38. The van der Waals surface area contributed by atoms with E-state index in [4.69, 9.17) is 0 Å². The van der Waals surface area contributed by atoms with E-state index >= 15 is 0 Å². The van der Waals surface area contributed by atoms with Crippen LogP contribution >= 0.6 is 0 Å². The molecule has 5 atom stereocenters. The fourth-order valence-electron chi connectivity index (χ4n) is 4.17. The molecular formula is C11H16O. The van der Waals surface area contributed by atoms with E-state index in [-0.39, 0.29) is 0 Å². The van der Waals surface area contributed by atoms with Gasteiger partial charge in [0, 0.05) is 5.92 Å². The van der Waals surface area contributed by atoms with Gasteiger partial charge in [0.1, 0.15) is 6.29 Å². The number of hydrogen-bond donors (Lipinski definition) is 0. The lowest BCUT2D eigenvalue weighted by Gasteiger charge is -2.23. The van der Waals surface area contributed by atoms with Crippen molar-refractivity contribution in [3.63, 3.8) is 0 Å². The molecule has 0 heterocycles. The molecular weight excluding hydrogens is 148 g/mol. The Bertz CT molecular complexity index is 193. The van der Waals surface area contributed by atoms with Crippen LogP contribution in [0.3, 0.4) is 0 Å². The van der Waals surface area contributed by atoms with Crippen molar-refractivity contribution in [2.75, 3.05) is 0 Å². The number of fused-ring (bicyclic) bond motifs is 5. The first-order chi connectivity index (χ1) is 5.88. The number of rotatable bonds is 1. The van der Waals surface area contributed by atoms with Crippen molar-refractivity contribution in [1.29, 1.82) is 0 Å². The molecule has 0 saturated heterocycles. The highest BCUT2D eigenvalue weighted by molar-refractivity contribution is 5.54. The average Bonchev–Trinajstić information content (AvgIpc) is 2.75. The van der Waals surface area contributed by atoms with Crippen molar-refractivity contribution in [2.45, 2.75) is 32.1 Å². The van der Waals surface area contributed by atoms with Gasteiger partial charge in [-0.2, -0.15) is 0 Å². The Morgan fingerprint density at radius 2 is 1.50 bits per heavy atom. The van der Waals surface area contributed by atoms with E-state index in [1.54, 1.807) is 0 Å². The molecule has 0 spiro atoms. The number of carbonyl (C=O) groups excluding carboxylic acids is 1. The monoisotopic (exact) mass is 164 g/mol. The molecule has 0 aromatic heterocycles. The molecule has 1 heteroatoms. The Hall–Kier alpha value is -0.330. The lowest BCUT2D eigenvalue weighted by molar-refractivity contribution is -0.111. The third-order valence-corrected chi connectivity index (χ3v) is 4.62. The average molecular weight is 164 g/mol. The predicted octanol–water partition coefficient (Wildman–Crippen LogP) is 2.26. The molecule has 0 aromatic rings. The lowest BCUT2D eigenvalue weighted by Crippen LogP contribution is -2.15. The topological polar surface area (TPSA) is 17.1 Å². The van der Waals surface area contributed by atoms with Crippen molar-refractivity contribution in [3.05, 3.63) is 0 Å². The first-order valence-corrected chi connectivity index (χ1v) is 5.34. The molecule has 0 aromatic carbocycles. The first kappa shape index (κ1) is 7.11. The van der Waals surface area contributed by atoms with Gasteiger partial charge in [0.25, 0.3) is 0 Å². The maximum absolute atomic E-state index is 10.7. The maximum atomic E-state index is 10.7. The molecule has 3 aliphatic carbocycles. The summed E-state index contributed by atoms with van der Waals surface area (Å²) in [5.74, 6) is 4.39. The largest absolute Gasteiger partial charge is 0.303 e. The van der Waals surface area contributed by atoms with Crippen molar-refractivity contribution in [1.82, 2.24) is 0 Å². The molecule has 66 valence electrons. The summed E-state index contributed by atoms with van der Waals surface area (Å²) in [6, 6.07) is 0. The summed E-state index contributed by atoms with van der Waals surface area (Å²) in [6.07, 6.45) is 8.11. The minimum Gasteiger partial charge on any atom is -0.303 e. The van der Waals surface area contributed by atoms with E-state index in [1.807, 2.05) is 0 Å². The molecule has 3 fully saturated rings. The minimum atomic E-state index is 0.434. The van der Waals surface area contributed by atoms with Gasteiger partial charge in [-0.1, -0.05) is 0 Å². The summed E-state index contributed by atoms with van der Waals surface area (Å²) in [5.41, 5.74) is 0. The van der Waals surface area contributed by atoms with Crippen molar-refractivity contribution in [3.8, 4) is 0 Å². The zero-order valence-electron chi connectivity index (χ0n) is 7.41. The normalized spacial score (nSPS) is 55.8. The molecule has 0 radical (unpaired) electrons. The zero-order valence-corrected chi connectivity index (χ0v) is 7.41. The zero-order chi connectivity index (χ0) is 8.13. The van der Waals surface area contributed by atoms with Gasteiger partial charge >= 0.3 is 0 Å². The van der Waals surface area contributed by atoms with Crippen LogP contribution in [0.1, 0.15) is 32.1 Å². The van der Waals surface area contributed by atoms with Gasteiger partial charge in [0.05, 0.1) is 0 Å². The molecule has 12 heavy (non-hydrogen) atoms. The lowest BCUT2D eigenvalue weighted by atomic mass is 9.82. The summed E-state index contributed by atoms with van der Waals surface area (Å²) in [4.78, 5) is 10.7. The molecule has 2 bridgehead atoms. The van der Waals surface area contributed by atoms with Crippen molar-refractivity contribution < 1.29 is 4.79 Å². The molecule has 0 N–H and O–H groups in total. The van der Waals surface area contributed by atoms with Gasteiger partial charge in [-0.15, -0.1) is 0 Å². The van der Waals surface area contributed by atoms with Crippen LogP contribution < -0.4 is 0 Å². The molecule has 1 nitrogen and oxygen atoms in total. The summed E-state index contributed by atoms with van der Waals surface area (Å²) >= 11 is 0. The van der Waals surface area contributed by atoms with Crippen LogP contribution in [0, 0.1) is 29.6 Å². The fraction of sp³-hybridized carbons (Fsp3) is 0.909. The first-order valence-electron chi connectivity index (χ1n) is 5.34. The molecule has 1 unspecified atom stereocenters. The van der Waals surface area contributed by atoms with Gasteiger partial charge in [-0.3, -0.25) is 0 Å². The van der Waals surface area contributed by atoms with Crippen LogP contribution in [-0.2, 0) is 4.79 Å².